The van der Waals surface area contributed by atoms with Gasteiger partial charge in [-0.1, -0.05) is 72.8 Å². The summed E-state index contributed by atoms with van der Waals surface area (Å²) in [5.41, 5.74) is 8.95. The maximum atomic E-state index is 13.9. The molecule has 0 saturated carbocycles. The summed E-state index contributed by atoms with van der Waals surface area (Å²) in [5, 5.41) is 4.24. The number of carbonyl (C=O) groups excluding carboxylic acids is 1. The van der Waals surface area contributed by atoms with E-state index in [9.17, 15) is 13.2 Å². The highest BCUT2D eigenvalue weighted by Gasteiger charge is 2.28. The van der Waals surface area contributed by atoms with E-state index in [-0.39, 0.29) is 22.7 Å². The molecule has 0 saturated heterocycles. The Bertz CT molecular complexity index is 1850. The number of anilines is 1. The van der Waals surface area contributed by atoms with Gasteiger partial charge in [0, 0.05) is 22.6 Å². The molecule has 5 aromatic rings. The summed E-state index contributed by atoms with van der Waals surface area (Å²) in [5.74, 6) is -0.518. The Morgan fingerprint density at radius 1 is 0.833 bits per heavy atom. The van der Waals surface area contributed by atoms with E-state index in [0.717, 1.165) is 33.8 Å². The molecular formula is C34H32N4O3S. The Hall–Kier alpha value is -4.95. The zero-order chi connectivity index (χ0) is 29.7. The Labute approximate surface area is 246 Å². The number of hydrazone groups is 1. The molecule has 1 aromatic heterocycles. The second-order valence-corrected chi connectivity index (χ2v) is 11.9. The van der Waals surface area contributed by atoms with Gasteiger partial charge in [0.1, 0.15) is 0 Å². The van der Waals surface area contributed by atoms with Crippen LogP contribution in [0.2, 0.25) is 0 Å². The van der Waals surface area contributed by atoms with Crippen LogP contribution in [0.25, 0.3) is 5.69 Å². The zero-order valence-corrected chi connectivity index (χ0v) is 24.5. The van der Waals surface area contributed by atoms with Gasteiger partial charge in [-0.15, -0.1) is 0 Å². The first-order chi connectivity index (χ1) is 20.3. The van der Waals surface area contributed by atoms with Crippen molar-refractivity contribution in [2.24, 2.45) is 5.10 Å². The van der Waals surface area contributed by atoms with Crippen LogP contribution < -0.4 is 9.73 Å². The first-order valence-electron chi connectivity index (χ1n) is 13.6. The molecule has 0 aliphatic rings. The maximum Gasteiger partial charge on any atom is 0.273 e. The molecule has 0 atom stereocenters. The van der Waals surface area contributed by atoms with E-state index in [2.05, 4.69) is 40.2 Å². The third-order valence-corrected chi connectivity index (χ3v) is 8.79. The van der Waals surface area contributed by atoms with E-state index in [0.29, 0.717) is 0 Å². The number of rotatable bonds is 9. The number of aromatic nitrogens is 1. The van der Waals surface area contributed by atoms with Crippen LogP contribution in [0.3, 0.4) is 0 Å². The summed E-state index contributed by atoms with van der Waals surface area (Å²) >= 11 is 0. The number of para-hydroxylation sites is 1. The van der Waals surface area contributed by atoms with Gasteiger partial charge in [-0.2, -0.15) is 5.10 Å². The second kappa shape index (κ2) is 12.3. The normalized spacial score (nSPS) is 11.5. The fourth-order valence-electron chi connectivity index (χ4n) is 4.96. The number of benzene rings is 4. The first kappa shape index (κ1) is 28.6. The summed E-state index contributed by atoms with van der Waals surface area (Å²) in [6.45, 7) is 6.13. The summed E-state index contributed by atoms with van der Waals surface area (Å²) in [4.78, 5) is 13.6. The fraction of sp³-hybridized carbons (Fsp3) is 0.118. The predicted molar refractivity (Wildman–Crippen MR) is 168 cm³/mol. The molecule has 1 N–H and O–H groups in total. The topological polar surface area (TPSA) is 83.8 Å². The highest BCUT2D eigenvalue weighted by molar-refractivity contribution is 7.92. The third kappa shape index (κ3) is 6.04. The molecule has 0 aliphatic carbocycles. The number of hydrogen-bond acceptors (Lipinski definition) is 4. The maximum absolute atomic E-state index is 13.9. The Morgan fingerprint density at radius 3 is 2.21 bits per heavy atom. The van der Waals surface area contributed by atoms with Crippen molar-refractivity contribution in [1.29, 1.82) is 0 Å². The SMILES string of the molecule is Cc1cccc(-n2c(C)cc(/C=N\NC(=O)c3ccccc3N(Cc3ccccc3)S(=O)(=O)c3ccccc3)c2C)c1. The molecule has 1 amide bonds. The van der Waals surface area contributed by atoms with Crippen LogP contribution in [-0.2, 0) is 16.6 Å². The first-order valence-corrected chi connectivity index (χ1v) is 15.0. The average molecular weight is 577 g/mol. The largest absolute Gasteiger partial charge is 0.318 e. The van der Waals surface area contributed by atoms with Crippen molar-refractivity contribution in [2.45, 2.75) is 32.2 Å². The van der Waals surface area contributed by atoms with Crippen LogP contribution >= 0.6 is 0 Å². The highest BCUT2D eigenvalue weighted by atomic mass is 32.2. The molecule has 1 heterocycles. The number of carbonyl (C=O) groups is 1. The fourth-order valence-corrected chi connectivity index (χ4v) is 6.45. The van der Waals surface area contributed by atoms with E-state index in [1.54, 1.807) is 60.8 Å². The molecule has 8 heteroatoms. The summed E-state index contributed by atoms with van der Waals surface area (Å²) in [6.07, 6.45) is 1.61. The van der Waals surface area contributed by atoms with Crippen LogP contribution in [-0.4, -0.2) is 25.1 Å². The van der Waals surface area contributed by atoms with Gasteiger partial charge in [-0.25, -0.2) is 13.8 Å². The molecule has 0 radical (unpaired) electrons. The van der Waals surface area contributed by atoms with Gasteiger partial charge >= 0.3 is 0 Å². The number of hydrogen-bond donors (Lipinski definition) is 1. The minimum Gasteiger partial charge on any atom is -0.318 e. The van der Waals surface area contributed by atoms with Gasteiger partial charge in [0.15, 0.2) is 0 Å². The minimum atomic E-state index is -4.00. The molecule has 212 valence electrons. The molecule has 0 bridgehead atoms. The van der Waals surface area contributed by atoms with Crippen LogP contribution in [0.4, 0.5) is 5.69 Å². The van der Waals surface area contributed by atoms with Gasteiger partial charge in [0.2, 0.25) is 0 Å². The molecule has 4 aromatic carbocycles. The van der Waals surface area contributed by atoms with Crippen LogP contribution in [0.15, 0.2) is 125 Å². The van der Waals surface area contributed by atoms with Crippen molar-refractivity contribution in [3.8, 4) is 5.69 Å². The summed E-state index contributed by atoms with van der Waals surface area (Å²) < 4.78 is 31.2. The van der Waals surface area contributed by atoms with Crippen molar-refractivity contribution in [2.75, 3.05) is 4.31 Å². The standard InChI is InChI=1S/C34H32N4O3S/c1-25-13-12-16-30(21-25)38-26(2)22-29(27(38)3)23-35-36-34(39)32-19-10-11-20-33(32)37(24-28-14-6-4-7-15-28)42(40,41)31-17-8-5-9-18-31/h4-23H,24H2,1-3H3,(H,36,39)/b35-23-. The zero-order valence-electron chi connectivity index (χ0n) is 23.7. The Balaban J connectivity index is 1.45. The molecule has 0 spiro atoms. The highest BCUT2D eigenvalue weighted by Crippen LogP contribution is 2.29. The lowest BCUT2D eigenvalue weighted by molar-refractivity contribution is 0.0955. The van der Waals surface area contributed by atoms with Crippen molar-refractivity contribution < 1.29 is 13.2 Å². The van der Waals surface area contributed by atoms with E-state index >= 15 is 0 Å². The van der Waals surface area contributed by atoms with Crippen LogP contribution in [0.1, 0.15) is 38.4 Å². The molecule has 0 fully saturated rings. The molecular weight excluding hydrogens is 544 g/mol. The molecule has 0 unspecified atom stereocenters. The number of sulfonamides is 1. The molecule has 5 rings (SSSR count). The van der Waals surface area contributed by atoms with E-state index in [1.165, 1.54) is 4.31 Å². The molecule has 42 heavy (non-hydrogen) atoms. The number of amides is 1. The van der Waals surface area contributed by atoms with E-state index in [4.69, 9.17) is 0 Å². The van der Waals surface area contributed by atoms with Crippen molar-refractivity contribution in [3.63, 3.8) is 0 Å². The average Bonchev–Trinajstić information content (AvgIpc) is 3.29. The lowest BCUT2D eigenvalue weighted by atomic mass is 10.1. The van der Waals surface area contributed by atoms with Gasteiger partial charge in [-0.05, 0) is 74.4 Å². The quantitative estimate of drug-likeness (QED) is 0.159. The Morgan fingerprint density at radius 2 is 1.50 bits per heavy atom. The van der Waals surface area contributed by atoms with E-state index in [1.807, 2.05) is 56.3 Å². The minimum absolute atomic E-state index is 0.0522. The van der Waals surface area contributed by atoms with Gasteiger partial charge in [-0.3, -0.25) is 9.10 Å². The van der Waals surface area contributed by atoms with E-state index < -0.39 is 15.9 Å². The lowest BCUT2D eigenvalue weighted by Gasteiger charge is -2.26. The molecule has 7 nitrogen and oxygen atoms in total. The summed E-state index contributed by atoms with van der Waals surface area (Å²) in [7, 11) is -4.00. The van der Waals surface area contributed by atoms with Gasteiger partial charge in [0.05, 0.1) is 28.9 Å². The molecule has 0 aliphatic heterocycles. The van der Waals surface area contributed by atoms with Crippen molar-refractivity contribution in [3.05, 3.63) is 149 Å². The second-order valence-electron chi connectivity index (χ2n) is 10.0. The van der Waals surface area contributed by atoms with Crippen molar-refractivity contribution in [1.82, 2.24) is 9.99 Å². The number of nitrogens with zero attached hydrogens (tertiary/aromatic N) is 3. The van der Waals surface area contributed by atoms with Crippen LogP contribution in [0, 0.1) is 20.8 Å². The Kier molecular flexibility index (Phi) is 8.36. The van der Waals surface area contributed by atoms with Gasteiger partial charge in [0.25, 0.3) is 15.9 Å². The van der Waals surface area contributed by atoms with Gasteiger partial charge < -0.3 is 4.57 Å². The summed E-state index contributed by atoms with van der Waals surface area (Å²) in [6, 6.07) is 34.4. The number of nitrogens with one attached hydrogen (secondary N) is 1. The van der Waals surface area contributed by atoms with Crippen molar-refractivity contribution >= 4 is 27.8 Å². The lowest BCUT2D eigenvalue weighted by Crippen LogP contribution is -2.33. The number of aryl methyl sites for hydroxylation is 2. The third-order valence-electron chi connectivity index (χ3n) is 7.02. The predicted octanol–water partition coefficient (Wildman–Crippen LogP) is 6.56. The smallest absolute Gasteiger partial charge is 0.273 e. The van der Waals surface area contributed by atoms with Crippen LogP contribution in [0.5, 0.6) is 0 Å². The monoisotopic (exact) mass is 576 g/mol.